The lowest BCUT2D eigenvalue weighted by atomic mass is 10.1. The summed E-state index contributed by atoms with van der Waals surface area (Å²) in [5.41, 5.74) is 1.42. The van der Waals surface area contributed by atoms with Crippen LogP contribution in [0.1, 0.15) is 40.0 Å². The van der Waals surface area contributed by atoms with Crippen LogP contribution in [-0.4, -0.2) is 11.2 Å². The van der Waals surface area contributed by atoms with Gasteiger partial charge in [-0.05, 0) is 33.1 Å². The number of aliphatic hydroxyl groups excluding tert-OH is 1. The third kappa shape index (κ3) is 5.83. The van der Waals surface area contributed by atoms with Crippen LogP contribution in [0.5, 0.6) is 0 Å². The van der Waals surface area contributed by atoms with Gasteiger partial charge in [0.05, 0.1) is 6.10 Å². The Hall–Kier alpha value is -0.300. The second kappa shape index (κ2) is 5.48. The minimum atomic E-state index is -0.152. The zero-order valence-corrected chi connectivity index (χ0v) is 7.22. The number of allylic oxidation sites excluding steroid dienone is 2. The van der Waals surface area contributed by atoms with Crippen LogP contribution >= 0.6 is 0 Å². The van der Waals surface area contributed by atoms with E-state index in [4.69, 9.17) is 5.11 Å². The Balaban J connectivity index is 3.34. The average Bonchev–Trinajstić information content (AvgIpc) is 1.87. The largest absolute Gasteiger partial charge is 0.393 e. The van der Waals surface area contributed by atoms with Gasteiger partial charge in [0.15, 0.2) is 0 Å². The molecule has 0 rings (SSSR count). The molecule has 0 aromatic heterocycles. The van der Waals surface area contributed by atoms with Gasteiger partial charge in [-0.2, -0.15) is 0 Å². The first-order valence-corrected chi connectivity index (χ1v) is 4.00. The first kappa shape index (κ1) is 9.70. The summed E-state index contributed by atoms with van der Waals surface area (Å²) in [6.07, 6.45) is 5.07. The summed E-state index contributed by atoms with van der Waals surface area (Å²) in [7, 11) is 0. The van der Waals surface area contributed by atoms with Crippen LogP contribution < -0.4 is 0 Å². The Morgan fingerprint density at radius 3 is 2.60 bits per heavy atom. The Labute approximate surface area is 63.8 Å². The predicted molar refractivity (Wildman–Crippen MR) is 45.0 cm³/mol. The van der Waals surface area contributed by atoms with Gasteiger partial charge in [-0.1, -0.05) is 18.6 Å². The van der Waals surface area contributed by atoms with Crippen molar-refractivity contribution in [3.63, 3.8) is 0 Å². The number of aliphatic hydroxyl groups is 1. The fourth-order valence-corrected chi connectivity index (χ4v) is 0.715. The summed E-state index contributed by atoms with van der Waals surface area (Å²) in [6.45, 7) is 6.10. The normalized spacial score (nSPS) is 15.4. The van der Waals surface area contributed by atoms with Crippen molar-refractivity contribution in [1.82, 2.24) is 0 Å². The molecular weight excluding hydrogens is 124 g/mol. The average molecular weight is 142 g/mol. The van der Waals surface area contributed by atoms with Crippen molar-refractivity contribution in [1.29, 1.82) is 0 Å². The van der Waals surface area contributed by atoms with Crippen LogP contribution in [0.3, 0.4) is 0 Å². The zero-order valence-electron chi connectivity index (χ0n) is 7.22. The topological polar surface area (TPSA) is 20.2 Å². The molecule has 0 aromatic carbocycles. The van der Waals surface area contributed by atoms with Gasteiger partial charge in [-0.3, -0.25) is 0 Å². The van der Waals surface area contributed by atoms with Crippen molar-refractivity contribution in [2.75, 3.05) is 0 Å². The molecule has 0 spiro atoms. The van der Waals surface area contributed by atoms with Crippen LogP contribution in [0.4, 0.5) is 0 Å². The van der Waals surface area contributed by atoms with E-state index in [0.29, 0.717) is 0 Å². The second-order valence-electron chi connectivity index (χ2n) is 2.83. The maximum Gasteiger partial charge on any atom is 0.0515 e. The summed E-state index contributed by atoms with van der Waals surface area (Å²) in [6, 6.07) is 0. The van der Waals surface area contributed by atoms with Gasteiger partial charge in [-0.25, -0.2) is 0 Å². The van der Waals surface area contributed by atoms with Gasteiger partial charge in [0.2, 0.25) is 0 Å². The lowest BCUT2D eigenvalue weighted by Gasteiger charge is -2.00. The van der Waals surface area contributed by atoms with Crippen LogP contribution in [0.15, 0.2) is 11.6 Å². The lowest BCUT2D eigenvalue weighted by molar-refractivity contribution is 0.186. The van der Waals surface area contributed by atoms with Gasteiger partial charge in [0, 0.05) is 0 Å². The van der Waals surface area contributed by atoms with E-state index in [-0.39, 0.29) is 6.10 Å². The molecule has 0 aliphatic heterocycles. The molecule has 1 N–H and O–H groups in total. The maximum atomic E-state index is 8.91. The summed E-state index contributed by atoms with van der Waals surface area (Å²) in [5.74, 6) is 0. The Morgan fingerprint density at radius 1 is 1.60 bits per heavy atom. The molecule has 1 unspecified atom stereocenters. The molecule has 0 fully saturated rings. The van der Waals surface area contributed by atoms with E-state index >= 15 is 0 Å². The third-order valence-corrected chi connectivity index (χ3v) is 1.63. The molecule has 1 heteroatoms. The first-order valence-electron chi connectivity index (χ1n) is 4.00. The zero-order chi connectivity index (χ0) is 7.98. The van der Waals surface area contributed by atoms with Crippen molar-refractivity contribution in [3.8, 4) is 0 Å². The molecule has 1 atom stereocenters. The fraction of sp³-hybridized carbons (Fsp3) is 0.778. The van der Waals surface area contributed by atoms with Crippen LogP contribution in [0, 0.1) is 0 Å². The standard InChI is InChI=1S/C9H18O/c1-4-8(2)6-5-7-9(3)10/h6,9-10H,4-5,7H2,1-3H3/b8-6+. The summed E-state index contributed by atoms with van der Waals surface area (Å²) < 4.78 is 0. The van der Waals surface area contributed by atoms with Gasteiger partial charge in [0.1, 0.15) is 0 Å². The maximum absolute atomic E-state index is 8.91. The second-order valence-corrected chi connectivity index (χ2v) is 2.83. The molecule has 0 heterocycles. The molecule has 0 aromatic rings. The monoisotopic (exact) mass is 142 g/mol. The van der Waals surface area contributed by atoms with Gasteiger partial charge < -0.3 is 5.11 Å². The van der Waals surface area contributed by atoms with Gasteiger partial charge in [0.25, 0.3) is 0 Å². The van der Waals surface area contributed by atoms with E-state index in [1.165, 1.54) is 5.57 Å². The lowest BCUT2D eigenvalue weighted by Crippen LogP contribution is -1.97. The highest BCUT2D eigenvalue weighted by Gasteiger charge is 1.91. The molecule has 0 amide bonds. The molecule has 1 nitrogen and oxygen atoms in total. The van der Waals surface area contributed by atoms with Crippen LogP contribution in [-0.2, 0) is 0 Å². The van der Waals surface area contributed by atoms with E-state index in [1.807, 2.05) is 6.92 Å². The van der Waals surface area contributed by atoms with Crippen molar-refractivity contribution in [3.05, 3.63) is 11.6 Å². The molecule has 0 radical (unpaired) electrons. The molecule has 60 valence electrons. The third-order valence-electron chi connectivity index (χ3n) is 1.63. The van der Waals surface area contributed by atoms with Crippen LogP contribution in [0.25, 0.3) is 0 Å². The van der Waals surface area contributed by atoms with E-state index in [1.54, 1.807) is 0 Å². The van der Waals surface area contributed by atoms with Gasteiger partial charge in [-0.15, -0.1) is 0 Å². The highest BCUT2D eigenvalue weighted by molar-refractivity contribution is 4.96. The Kier molecular flexibility index (Phi) is 5.32. The quantitative estimate of drug-likeness (QED) is 0.598. The Bertz CT molecular complexity index is 103. The number of hydrogen-bond acceptors (Lipinski definition) is 1. The van der Waals surface area contributed by atoms with Crippen molar-refractivity contribution in [2.24, 2.45) is 0 Å². The summed E-state index contributed by atoms with van der Waals surface area (Å²) in [5, 5.41) is 8.91. The van der Waals surface area contributed by atoms with E-state index in [9.17, 15) is 0 Å². The van der Waals surface area contributed by atoms with E-state index < -0.39 is 0 Å². The van der Waals surface area contributed by atoms with Crippen molar-refractivity contribution >= 4 is 0 Å². The fourth-order valence-electron chi connectivity index (χ4n) is 0.715. The number of hydrogen-bond donors (Lipinski definition) is 1. The summed E-state index contributed by atoms with van der Waals surface area (Å²) >= 11 is 0. The molecule has 0 saturated carbocycles. The first-order chi connectivity index (χ1) is 4.66. The smallest absolute Gasteiger partial charge is 0.0515 e. The van der Waals surface area contributed by atoms with E-state index in [0.717, 1.165) is 19.3 Å². The Morgan fingerprint density at radius 2 is 2.20 bits per heavy atom. The molecule has 0 saturated heterocycles. The predicted octanol–water partition coefficient (Wildman–Crippen LogP) is 2.50. The minimum Gasteiger partial charge on any atom is -0.393 e. The van der Waals surface area contributed by atoms with Gasteiger partial charge >= 0.3 is 0 Å². The summed E-state index contributed by atoms with van der Waals surface area (Å²) in [4.78, 5) is 0. The molecule has 10 heavy (non-hydrogen) atoms. The van der Waals surface area contributed by atoms with E-state index in [2.05, 4.69) is 19.9 Å². The molecular formula is C9H18O. The number of rotatable bonds is 4. The highest BCUT2D eigenvalue weighted by atomic mass is 16.3. The molecule has 0 bridgehead atoms. The van der Waals surface area contributed by atoms with Crippen molar-refractivity contribution in [2.45, 2.75) is 46.1 Å². The molecule has 0 aliphatic rings. The minimum absolute atomic E-state index is 0.152. The van der Waals surface area contributed by atoms with Crippen LogP contribution in [0.2, 0.25) is 0 Å². The molecule has 0 aliphatic carbocycles. The van der Waals surface area contributed by atoms with Crippen molar-refractivity contribution < 1.29 is 5.11 Å². The SMILES string of the molecule is CC/C(C)=C/CCC(C)O. The highest BCUT2D eigenvalue weighted by Crippen LogP contribution is 2.03.